The Morgan fingerprint density at radius 2 is 1.94 bits per heavy atom. The minimum Gasteiger partial charge on any atom is -0.486 e. The quantitative estimate of drug-likeness (QED) is 0.453. The van der Waals surface area contributed by atoms with Gasteiger partial charge in [0.15, 0.2) is 9.84 Å². The number of H-pyrrole nitrogens is 1. The lowest BCUT2D eigenvalue weighted by atomic mass is 10.2. The molecule has 1 aliphatic heterocycles. The fraction of sp³-hybridized carbons (Fsp3) is 0.375. The highest BCUT2D eigenvalue weighted by Crippen LogP contribution is 2.36. The predicted molar refractivity (Wildman–Crippen MR) is 133 cm³/mol. The molecule has 0 saturated carbocycles. The standard InChI is InChI=1S/C24H28N2O5S2/c1-5-19-13-25-24(32-19)21-11-16-10-18(12-22(23(16)26-21)30-15(2)14-29-3)31-17-6-8-20(9-7-17)33(4,27)28/h6-12,15,19,26H,5,13-14H2,1-4H3. The van der Waals surface area contributed by atoms with Gasteiger partial charge < -0.3 is 19.2 Å². The van der Waals surface area contributed by atoms with E-state index in [0.29, 0.717) is 29.1 Å². The first kappa shape index (κ1) is 23.7. The number of aromatic amines is 1. The normalized spacial score (nSPS) is 17.2. The van der Waals surface area contributed by atoms with Crippen LogP contribution in [0.5, 0.6) is 17.2 Å². The van der Waals surface area contributed by atoms with Gasteiger partial charge in [0, 0.05) is 30.1 Å². The van der Waals surface area contributed by atoms with Crippen LogP contribution in [0.25, 0.3) is 10.9 Å². The maximum Gasteiger partial charge on any atom is 0.175 e. The zero-order valence-corrected chi connectivity index (χ0v) is 20.8. The lowest BCUT2D eigenvalue weighted by Crippen LogP contribution is -2.18. The van der Waals surface area contributed by atoms with E-state index in [9.17, 15) is 8.42 Å². The molecule has 0 amide bonds. The van der Waals surface area contributed by atoms with Crippen LogP contribution in [0.15, 0.2) is 52.4 Å². The number of rotatable bonds is 9. The molecule has 33 heavy (non-hydrogen) atoms. The van der Waals surface area contributed by atoms with Crippen molar-refractivity contribution in [2.45, 2.75) is 36.5 Å². The number of sulfone groups is 1. The van der Waals surface area contributed by atoms with Gasteiger partial charge in [-0.15, -0.1) is 0 Å². The van der Waals surface area contributed by atoms with E-state index in [-0.39, 0.29) is 11.0 Å². The number of aromatic nitrogens is 1. The first-order valence-corrected chi connectivity index (χ1v) is 13.6. The Balaban J connectivity index is 1.67. The fourth-order valence-electron chi connectivity index (χ4n) is 3.61. The molecular formula is C24H28N2O5S2. The van der Waals surface area contributed by atoms with Crippen molar-refractivity contribution in [2.75, 3.05) is 26.5 Å². The molecule has 0 spiro atoms. The van der Waals surface area contributed by atoms with Crippen LogP contribution in [-0.4, -0.2) is 56.3 Å². The maximum atomic E-state index is 11.7. The van der Waals surface area contributed by atoms with Gasteiger partial charge in [0.1, 0.15) is 28.4 Å². The van der Waals surface area contributed by atoms with E-state index in [1.807, 2.05) is 19.1 Å². The molecule has 2 aromatic carbocycles. The first-order valence-electron chi connectivity index (χ1n) is 10.8. The van der Waals surface area contributed by atoms with Gasteiger partial charge in [0.2, 0.25) is 0 Å². The summed E-state index contributed by atoms with van der Waals surface area (Å²) in [5.41, 5.74) is 1.83. The van der Waals surface area contributed by atoms with Crippen LogP contribution in [0.2, 0.25) is 0 Å². The average molecular weight is 489 g/mol. The summed E-state index contributed by atoms with van der Waals surface area (Å²) in [7, 11) is -1.62. The molecule has 2 unspecified atom stereocenters. The van der Waals surface area contributed by atoms with Crippen molar-refractivity contribution in [2.24, 2.45) is 4.99 Å². The minimum absolute atomic E-state index is 0.156. The van der Waals surface area contributed by atoms with Crippen LogP contribution < -0.4 is 9.47 Å². The maximum absolute atomic E-state index is 11.7. The van der Waals surface area contributed by atoms with Gasteiger partial charge in [-0.05, 0) is 49.7 Å². The molecule has 0 radical (unpaired) electrons. The Labute approximate surface area is 198 Å². The third-order valence-electron chi connectivity index (χ3n) is 5.29. The third-order valence-corrected chi connectivity index (χ3v) is 7.80. The number of hydrogen-bond donors (Lipinski definition) is 1. The van der Waals surface area contributed by atoms with Crippen LogP contribution in [0, 0.1) is 0 Å². The molecule has 0 bridgehead atoms. The number of thioether (sulfide) groups is 1. The molecule has 0 aliphatic carbocycles. The summed E-state index contributed by atoms with van der Waals surface area (Å²) >= 11 is 1.79. The Bertz CT molecular complexity index is 1270. The van der Waals surface area contributed by atoms with E-state index in [0.717, 1.165) is 34.6 Å². The number of ether oxygens (including phenoxy) is 3. The van der Waals surface area contributed by atoms with Crippen molar-refractivity contribution in [3.8, 4) is 17.2 Å². The Hall–Kier alpha value is -2.49. The van der Waals surface area contributed by atoms with Gasteiger partial charge in [-0.2, -0.15) is 0 Å². The molecule has 9 heteroatoms. The van der Waals surface area contributed by atoms with Crippen molar-refractivity contribution < 1.29 is 22.6 Å². The molecule has 4 rings (SSSR count). The molecule has 2 atom stereocenters. The molecule has 1 aliphatic rings. The average Bonchev–Trinajstić information content (AvgIpc) is 3.40. The van der Waals surface area contributed by atoms with Gasteiger partial charge in [0.25, 0.3) is 0 Å². The van der Waals surface area contributed by atoms with Crippen LogP contribution >= 0.6 is 11.8 Å². The summed E-state index contributed by atoms with van der Waals surface area (Å²) in [6.07, 6.45) is 2.11. The van der Waals surface area contributed by atoms with Crippen molar-refractivity contribution in [3.05, 3.63) is 48.2 Å². The topological polar surface area (TPSA) is 90.0 Å². The van der Waals surface area contributed by atoms with Crippen LogP contribution in [0.4, 0.5) is 0 Å². The number of fused-ring (bicyclic) bond motifs is 1. The molecule has 0 fully saturated rings. The number of nitrogens with one attached hydrogen (secondary N) is 1. The SMILES string of the molecule is CCC1CN=C(c2cc3cc(Oc4ccc(S(C)(=O)=O)cc4)cc(OC(C)COC)c3[nH]2)S1. The monoisotopic (exact) mass is 488 g/mol. The van der Waals surface area contributed by atoms with E-state index in [2.05, 4.69) is 18.0 Å². The minimum atomic E-state index is -3.26. The number of nitrogens with zero attached hydrogens (tertiary/aromatic N) is 1. The van der Waals surface area contributed by atoms with Crippen LogP contribution in [-0.2, 0) is 14.6 Å². The summed E-state index contributed by atoms with van der Waals surface area (Å²) < 4.78 is 40.9. The molecule has 0 saturated heterocycles. The second-order valence-corrected chi connectivity index (χ2v) is 11.4. The summed E-state index contributed by atoms with van der Waals surface area (Å²) in [4.78, 5) is 8.42. The number of benzene rings is 2. The lowest BCUT2D eigenvalue weighted by molar-refractivity contribution is 0.0928. The van der Waals surface area contributed by atoms with E-state index >= 15 is 0 Å². The van der Waals surface area contributed by atoms with Crippen molar-refractivity contribution in [1.82, 2.24) is 4.98 Å². The van der Waals surface area contributed by atoms with E-state index in [1.165, 1.54) is 18.4 Å². The van der Waals surface area contributed by atoms with Crippen molar-refractivity contribution in [3.63, 3.8) is 0 Å². The smallest absolute Gasteiger partial charge is 0.175 e. The highest BCUT2D eigenvalue weighted by atomic mass is 32.2. The van der Waals surface area contributed by atoms with E-state index < -0.39 is 9.84 Å². The highest BCUT2D eigenvalue weighted by Gasteiger charge is 2.22. The summed E-state index contributed by atoms with van der Waals surface area (Å²) in [5.74, 6) is 1.78. The molecule has 2 heterocycles. The second-order valence-electron chi connectivity index (χ2n) is 8.09. The lowest BCUT2D eigenvalue weighted by Gasteiger charge is -2.16. The van der Waals surface area contributed by atoms with Gasteiger partial charge in [-0.3, -0.25) is 4.99 Å². The molecular weight excluding hydrogens is 460 g/mol. The Kier molecular flexibility index (Phi) is 7.02. The molecule has 1 aromatic heterocycles. The van der Waals surface area contributed by atoms with Crippen molar-refractivity contribution >= 4 is 37.5 Å². The van der Waals surface area contributed by atoms with Crippen LogP contribution in [0.3, 0.4) is 0 Å². The first-order chi connectivity index (χ1) is 15.8. The van der Waals surface area contributed by atoms with Gasteiger partial charge in [-0.1, -0.05) is 18.7 Å². The Morgan fingerprint density at radius 3 is 2.58 bits per heavy atom. The molecule has 176 valence electrons. The van der Waals surface area contributed by atoms with Crippen LogP contribution in [0.1, 0.15) is 26.0 Å². The predicted octanol–water partition coefficient (Wildman–Crippen LogP) is 5.05. The van der Waals surface area contributed by atoms with Crippen molar-refractivity contribution in [1.29, 1.82) is 0 Å². The van der Waals surface area contributed by atoms with E-state index in [1.54, 1.807) is 31.0 Å². The number of methoxy groups -OCH3 is 1. The second kappa shape index (κ2) is 9.79. The third kappa shape index (κ3) is 5.54. The number of aliphatic imine (C=N–C) groups is 1. The molecule has 7 nitrogen and oxygen atoms in total. The number of hydrogen-bond acceptors (Lipinski definition) is 7. The van der Waals surface area contributed by atoms with E-state index in [4.69, 9.17) is 19.2 Å². The Morgan fingerprint density at radius 1 is 1.18 bits per heavy atom. The summed E-state index contributed by atoms with van der Waals surface area (Å²) in [6, 6.07) is 12.2. The zero-order chi connectivity index (χ0) is 23.6. The molecule has 3 aromatic rings. The van der Waals surface area contributed by atoms with Gasteiger partial charge >= 0.3 is 0 Å². The van der Waals surface area contributed by atoms with Gasteiger partial charge in [0.05, 0.1) is 29.3 Å². The van der Waals surface area contributed by atoms with Gasteiger partial charge in [-0.25, -0.2) is 8.42 Å². The zero-order valence-electron chi connectivity index (χ0n) is 19.1. The summed E-state index contributed by atoms with van der Waals surface area (Å²) in [6.45, 7) is 5.40. The molecule has 1 N–H and O–H groups in total. The highest BCUT2D eigenvalue weighted by molar-refractivity contribution is 8.15. The summed E-state index contributed by atoms with van der Waals surface area (Å²) in [5, 5.41) is 2.46. The fourth-order valence-corrected chi connectivity index (χ4v) is 5.25. The largest absolute Gasteiger partial charge is 0.486 e.